The fraction of sp³-hybridized carbons (Fsp3) is 0.931. The van der Waals surface area contributed by atoms with Crippen LogP contribution in [-0.2, 0) is 57.0 Å². The monoisotopic (exact) mass is 1250 g/mol. The van der Waals surface area contributed by atoms with E-state index in [1.54, 1.807) is 0 Å². The Morgan fingerprint density at radius 2 is 1.21 bits per heavy atom. The van der Waals surface area contributed by atoms with E-state index in [1.165, 1.54) is 13.8 Å². The molecule has 29 heteroatoms. The third kappa shape index (κ3) is 10.8. The van der Waals surface area contributed by atoms with Gasteiger partial charge in [-0.1, -0.05) is 46.3 Å². The summed E-state index contributed by atoms with van der Waals surface area (Å²) in [7, 11) is 0. The highest BCUT2D eigenvalue weighted by molar-refractivity contribution is 5.80. The maximum Gasteiger partial charge on any atom is 0.317 e. The predicted molar refractivity (Wildman–Crippen MR) is 287 cm³/mol. The number of ether oxygens (including phenoxy) is 10. The molecule has 5 heterocycles. The van der Waals surface area contributed by atoms with Crippen molar-refractivity contribution in [2.24, 2.45) is 50.2 Å². The van der Waals surface area contributed by atoms with E-state index in [0.717, 1.165) is 5.57 Å². The van der Waals surface area contributed by atoms with E-state index in [0.29, 0.717) is 25.7 Å². The number of rotatable bonds is 14. The topological polar surface area (TPSA) is 470 Å². The van der Waals surface area contributed by atoms with E-state index < -0.39 is 237 Å². The zero-order valence-electron chi connectivity index (χ0n) is 49.9. The number of aliphatic hydroxyl groups is 16. The van der Waals surface area contributed by atoms with Gasteiger partial charge in [-0.3, -0.25) is 9.59 Å². The number of carbonyl (C=O) groups is 2. The molecule has 0 spiro atoms. The third-order valence-electron chi connectivity index (χ3n) is 22.9. The lowest BCUT2D eigenvalue weighted by Gasteiger charge is -2.71. The first-order chi connectivity index (χ1) is 40.6. The molecular formula is C58H92O29. The average Bonchev–Trinajstić information content (AvgIpc) is 0.969. The minimum Gasteiger partial charge on any atom is -0.481 e. The molecule has 5 saturated heterocycles. The van der Waals surface area contributed by atoms with Crippen molar-refractivity contribution >= 4 is 11.9 Å². The molecule has 0 aromatic carbocycles. The van der Waals surface area contributed by atoms with Gasteiger partial charge < -0.3 is 134 Å². The predicted octanol–water partition coefficient (Wildman–Crippen LogP) is -4.90. The largest absolute Gasteiger partial charge is 0.481 e. The van der Waals surface area contributed by atoms with Crippen molar-refractivity contribution in [2.45, 2.75) is 253 Å². The number of aliphatic carboxylic acids is 1. The summed E-state index contributed by atoms with van der Waals surface area (Å²) in [6.45, 7) is 9.41. The van der Waals surface area contributed by atoms with E-state index >= 15 is 4.79 Å². The van der Waals surface area contributed by atoms with Gasteiger partial charge in [-0.2, -0.15) is 0 Å². The fourth-order valence-electron chi connectivity index (χ4n) is 17.5. The first-order valence-electron chi connectivity index (χ1n) is 30.3. The average molecular weight is 1250 g/mol. The molecule has 9 fully saturated rings. The number of carboxylic acid groups (broad SMARTS) is 1. The Bertz CT molecular complexity index is 2510. The van der Waals surface area contributed by atoms with Crippen molar-refractivity contribution in [3.05, 3.63) is 11.6 Å². The Morgan fingerprint density at radius 3 is 1.83 bits per heavy atom. The number of allylic oxidation sites excluding steroid dienone is 2. The van der Waals surface area contributed by atoms with Crippen LogP contribution in [0.1, 0.15) is 99.8 Å². The number of hydrogen-bond acceptors (Lipinski definition) is 28. The zero-order valence-corrected chi connectivity index (χ0v) is 49.9. The first kappa shape index (κ1) is 67.6. The summed E-state index contributed by atoms with van der Waals surface area (Å²) in [6, 6.07) is 0. The Labute approximate surface area is 502 Å². The molecule has 0 radical (unpaired) electrons. The van der Waals surface area contributed by atoms with E-state index in [2.05, 4.69) is 33.8 Å². The van der Waals surface area contributed by atoms with Crippen LogP contribution >= 0.6 is 0 Å². The van der Waals surface area contributed by atoms with E-state index in [9.17, 15) is 91.6 Å². The van der Waals surface area contributed by atoms with E-state index in [-0.39, 0.29) is 37.0 Å². The van der Waals surface area contributed by atoms with E-state index in [1.807, 2.05) is 6.92 Å². The SMILES string of the molecule is CC1OC(OC2C(OC(=O)C34CCC(C)(C)CC3C3=CCC5C6(C)CC(O)C(OC7OC(CO)C(O)C(OC8OC(CO)C(O)C(O)C8O)C7O)C(C)(C(=O)O)C6CCC5(C)C3(C)CC4O)OCC(O)C2O)C(O)C(OC2OCC(O)(CO)C2O)C1O. The number of esters is 1. The number of carboxylic acids is 1. The molecule has 0 bridgehead atoms. The molecule has 10 rings (SSSR count). The molecule has 17 N–H and O–H groups in total. The van der Waals surface area contributed by atoms with Gasteiger partial charge in [0.15, 0.2) is 31.3 Å². The van der Waals surface area contributed by atoms with Gasteiger partial charge in [0.05, 0.1) is 56.8 Å². The van der Waals surface area contributed by atoms with E-state index in [4.69, 9.17) is 47.4 Å². The summed E-state index contributed by atoms with van der Waals surface area (Å²) in [5, 5.41) is 188. The van der Waals surface area contributed by atoms with Crippen LogP contribution in [0.4, 0.5) is 0 Å². The lowest BCUT2D eigenvalue weighted by molar-refractivity contribution is -0.373. The van der Waals surface area contributed by atoms with Crippen molar-refractivity contribution in [2.75, 3.05) is 33.0 Å². The van der Waals surface area contributed by atoms with Crippen LogP contribution in [0.25, 0.3) is 0 Å². The van der Waals surface area contributed by atoms with Crippen LogP contribution in [0.5, 0.6) is 0 Å². The van der Waals surface area contributed by atoms with Gasteiger partial charge in [0.1, 0.15) is 103 Å². The lowest BCUT2D eigenvalue weighted by atomic mass is 9.33. The molecule has 10 aliphatic rings. The highest BCUT2D eigenvalue weighted by Crippen LogP contribution is 2.76. The summed E-state index contributed by atoms with van der Waals surface area (Å²) in [4.78, 5) is 29.5. The third-order valence-corrected chi connectivity index (χ3v) is 22.9. The second-order valence-corrected chi connectivity index (χ2v) is 28.3. The zero-order chi connectivity index (χ0) is 63.8. The minimum absolute atomic E-state index is 0.0237. The van der Waals surface area contributed by atoms with Crippen molar-refractivity contribution in [3.8, 4) is 0 Å². The molecule has 0 aromatic rings. The molecule has 33 atom stereocenters. The lowest BCUT2D eigenvalue weighted by Crippen LogP contribution is -2.71. The second-order valence-electron chi connectivity index (χ2n) is 28.3. The van der Waals surface area contributed by atoms with Crippen LogP contribution in [0.2, 0.25) is 0 Å². The van der Waals surface area contributed by atoms with Crippen molar-refractivity contribution in [3.63, 3.8) is 0 Å². The first-order valence-corrected chi connectivity index (χ1v) is 30.3. The molecule has 498 valence electrons. The number of fused-ring (bicyclic) bond motifs is 7. The Balaban J connectivity index is 0.902. The summed E-state index contributed by atoms with van der Waals surface area (Å²) in [6.07, 6.45) is -37.0. The highest BCUT2D eigenvalue weighted by atomic mass is 16.8. The smallest absolute Gasteiger partial charge is 0.317 e. The van der Waals surface area contributed by atoms with Crippen LogP contribution in [0, 0.1) is 50.2 Å². The van der Waals surface area contributed by atoms with Crippen LogP contribution in [-0.4, -0.2) is 285 Å². The number of carbonyl (C=O) groups excluding carboxylic acids is 1. The summed E-state index contributed by atoms with van der Waals surface area (Å²) in [5.41, 5.74) is -7.75. The maximum atomic E-state index is 15.5. The molecule has 4 saturated carbocycles. The van der Waals surface area contributed by atoms with Gasteiger partial charge in [-0.25, -0.2) is 0 Å². The van der Waals surface area contributed by atoms with Gasteiger partial charge in [0.25, 0.3) is 0 Å². The van der Waals surface area contributed by atoms with Crippen LogP contribution in [0.3, 0.4) is 0 Å². The summed E-state index contributed by atoms with van der Waals surface area (Å²) < 4.78 is 58.6. The quantitative estimate of drug-likeness (QED) is 0.0440. The number of hydrogen-bond donors (Lipinski definition) is 17. The Morgan fingerprint density at radius 1 is 0.609 bits per heavy atom. The van der Waals surface area contributed by atoms with Gasteiger partial charge >= 0.3 is 11.9 Å². The summed E-state index contributed by atoms with van der Waals surface area (Å²) in [5.74, 6) is -4.01. The number of aliphatic hydroxyl groups excluding tert-OH is 15. The minimum atomic E-state index is -2.11. The van der Waals surface area contributed by atoms with Gasteiger partial charge in [-0.15, -0.1) is 0 Å². The standard InChI is InChI=1S/C58H92O29/c1-22-32(65)40(84-49-43(73)57(77,20-61)21-79-49)38(71)46(80-22)85-42-33(66)26(63)19-78-48(42)87-51(76)58-13-12-52(2,3)14-24(58)23-8-9-29-53(4)15-25(62)44(56(7,50(74)75)30(53)10-11-54(29,5)55(23,6)16-31(58)64)86-47-39(72)41(35(68)28(18-60)82-47)83-45-37(70)36(69)34(67)27(17-59)81-45/h8,22,24-49,59-73,77H,9-21H2,1-7H3,(H,74,75). The Kier molecular flexibility index (Phi) is 18.8. The highest BCUT2D eigenvalue weighted by Gasteiger charge is 2.74. The summed E-state index contributed by atoms with van der Waals surface area (Å²) >= 11 is 0. The normalized spacial score (nSPS) is 54.9. The van der Waals surface area contributed by atoms with Crippen molar-refractivity contribution in [1.29, 1.82) is 0 Å². The molecule has 0 aromatic heterocycles. The molecule has 29 nitrogen and oxygen atoms in total. The van der Waals surface area contributed by atoms with Crippen molar-refractivity contribution in [1.82, 2.24) is 0 Å². The van der Waals surface area contributed by atoms with Crippen molar-refractivity contribution < 1.29 is 144 Å². The molecular weight excluding hydrogens is 1160 g/mol. The second kappa shape index (κ2) is 24.2. The van der Waals surface area contributed by atoms with Crippen LogP contribution < -0.4 is 0 Å². The molecule has 5 aliphatic heterocycles. The molecule has 33 unspecified atom stereocenters. The molecule has 5 aliphatic carbocycles. The Hall–Kier alpha value is -2.32. The fourth-order valence-corrected chi connectivity index (χ4v) is 17.5. The maximum absolute atomic E-state index is 15.5. The van der Waals surface area contributed by atoms with Gasteiger partial charge in [0, 0.05) is 0 Å². The van der Waals surface area contributed by atoms with Crippen LogP contribution in [0.15, 0.2) is 11.6 Å². The molecule has 0 amide bonds. The molecule has 87 heavy (non-hydrogen) atoms. The van der Waals surface area contributed by atoms with Gasteiger partial charge in [-0.05, 0) is 105 Å². The van der Waals surface area contributed by atoms with Gasteiger partial charge in [0.2, 0.25) is 6.29 Å².